The molecule has 2 amide bonds. The van der Waals surface area contributed by atoms with Gasteiger partial charge in [-0.1, -0.05) is 60.7 Å². The Morgan fingerprint density at radius 1 is 0.722 bits per heavy atom. The molecule has 5 rings (SSSR count). The molecular formula is C40H51N11O3. The summed E-state index contributed by atoms with van der Waals surface area (Å²) < 4.78 is 0.582. The molecule has 1 aromatic heterocycles. The topological polar surface area (TPSA) is 206 Å². The number of nitriles is 2. The standard InChI is InChI=1S/C22H26N6O2.C18H25N5O/c1-24-21(26-16-23)27-18-10-12-22(13-11-18,17-7-3-2-4-8-17)15-25-20(29)19-9-5-6-14-28(19)30;1-14(24)21-12-18(15-6-4-3-5-7-15)10-8-16(9-11-18)23-17(20-2)22-13-19/h2-9,14,18H,10-13,15H2,1H3,(H,25,29)(H2,24,26,27);3-7,16H,8-12H2,1-2H3,(H,21,24)(H2,20,22,23). The van der Waals surface area contributed by atoms with Gasteiger partial charge in [-0.15, -0.1) is 0 Å². The number of carbonyl (C=O) groups is 2. The normalized spacial score (nSPS) is 22.5. The molecule has 3 aromatic rings. The van der Waals surface area contributed by atoms with Crippen LogP contribution in [0.25, 0.3) is 0 Å². The van der Waals surface area contributed by atoms with Crippen molar-refractivity contribution in [2.75, 3.05) is 27.2 Å². The van der Waals surface area contributed by atoms with Crippen molar-refractivity contribution in [3.8, 4) is 12.4 Å². The monoisotopic (exact) mass is 733 g/mol. The predicted molar refractivity (Wildman–Crippen MR) is 208 cm³/mol. The highest BCUT2D eigenvalue weighted by Crippen LogP contribution is 2.40. The van der Waals surface area contributed by atoms with Gasteiger partial charge in [0.25, 0.3) is 5.69 Å². The fourth-order valence-electron chi connectivity index (χ4n) is 7.39. The van der Waals surface area contributed by atoms with Crippen LogP contribution >= 0.6 is 0 Å². The SMILES string of the molecule is CN=C(NC#N)NC1CCC(CNC(=O)c2cccc[n+]2[O-])(c2ccccc2)CC1.CN=C(NC#N)NC1CCC(CNC(C)=O)(c2ccccc2)CC1. The summed E-state index contributed by atoms with van der Waals surface area (Å²) in [6, 6.07) is 25.8. The third-order valence-corrected chi connectivity index (χ3v) is 10.5. The molecule has 284 valence electrons. The van der Waals surface area contributed by atoms with Crippen LogP contribution in [0.15, 0.2) is 95.0 Å². The summed E-state index contributed by atoms with van der Waals surface area (Å²) in [5.41, 5.74) is 2.28. The van der Waals surface area contributed by atoms with Gasteiger partial charge in [-0.25, -0.2) is 0 Å². The third-order valence-electron chi connectivity index (χ3n) is 10.5. The Labute approximate surface area is 317 Å². The van der Waals surface area contributed by atoms with E-state index in [0.717, 1.165) is 51.4 Å². The van der Waals surface area contributed by atoms with Crippen molar-refractivity contribution < 1.29 is 14.3 Å². The van der Waals surface area contributed by atoms with Gasteiger partial charge in [0.05, 0.1) is 0 Å². The maximum atomic E-state index is 12.6. The molecule has 54 heavy (non-hydrogen) atoms. The van der Waals surface area contributed by atoms with Crippen molar-refractivity contribution in [3.05, 3.63) is 107 Å². The molecule has 0 saturated heterocycles. The van der Waals surface area contributed by atoms with Gasteiger partial charge in [-0.3, -0.25) is 30.2 Å². The van der Waals surface area contributed by atoms with E-state index in [-0.39, 0.29) is 40.4 Å². The second kappa shape index (κ2) is 20.2. The Hall–Kier alpha value is -6.15. The van der Waals surface area contributed by atoms with Gasteiger partial charge < -0.3 is 26.5 Å². The van der Waals surface area contributed by atoms with Crippen LogP contribution in [0.1, 0.15) is 79.9 Å². The second-order valence-electron chi connectivity index (χ2n) is 13.8. The van der Waals surface area contributed by atoms with Gasteiger partial charge in [0.1, 0.15) is 0 Å². The number of aliphatic imine (C=N–C) groups is 2. The molecule has 2 saturated carbocycles. The summed E-state index contributed by atoms with van der Waals surface area (Å²) in [5.74, 6) is 0.604. The van der Waals surface area contributed by atoms with Gasteiger partial charge >= 0.3 is 5.91 Å². The number of amides is 2. The highest BCUT2D eigenvalue weighted by Gasteiger charge is 2.39. The molecule has 1 heterocycles. The van der Waals surface area contributed by atoms with Crippen LogP contribution in [-0.2, 0) is 15.6 Å². The van der Waals surface area contributed by atoms with Crippen LogP contribution < -0.4 is 36.6 Å². The summed E-state index contributed by atoms with van der Waals surface area (Å²) in [4.78, 5) is 32.1. The lowest BCUT2D eigenvalue weighted by molar-refractivity contribution is -0.607. The molecule has 2 aromatic carbocycles. The number of aromatic nitrogens is 1. The van der Waals surface area contributed by atoms with Crippen molar-refractivity contribution in [2.45, 2.75) is 81.2 Å². The molecule has 2 fully saturated rings. The molecule has 0 atom stereocenters. The number of guanidine groups is 2. The van der Waals surface area contributed by atoms with E-state index in [1.807, 2.05) is 48.8 Å². The molecule has 2 aliphatic rings. The van der Waals surface area contributed by atoms with E-state index in [9.17, 15) is 14.8 Å². The first-order valence-corrected chi connectivity index (χ1v) is 18.3. The molecule has 14 heteroatoms. The number of nitrogens with one attached hydrogen (secondary N) is 6. The maximum Gasteiger partial charge on any atom is 0.317 e. The predicted octanol–water partition coefficient (Wildman–Crippen LogP) is 3.23. The largest absolute Gasteiger partial charge is 0.618 e. The lowest BCUT2D eigenvalue weighted by Crippen LogP contribution is -2.50. The van der Waals surface area contributed by atoms with Gasteiger partial charge in [-0.05, 0) is 68.6 Å². The average molecular weight is 734 g/mol. The summed E-state index contributed by atoms with van der Waals surface area (Å²) in [5, 5.41) is 47.1. The molecule has 0 bridgehead atoms. The van der Waals surface area contributed by atoms with Gasteiger partial charge in [-0.2, -0.15) is 15.3 Å². The number of pyridine rings is 1. The summed E-state index contributed by atoms with van der Waals surface area (Å²) >= 11 is 0. The zero-order chi connectivity index (χ0) is 38.8. The first kappa shape index (κ1) is 40.6. The Kier molecular flexibility index (Phi) is 15.2. The first-order valence-electron chi connectivity index (χ1n) is 18.3. The first-order chi connectivity index (χ1) is 26.2. The third kappa shape index (κ3) is 11.2. The Bertz CT molecular complexity index is 1800. The van der Waals surface area contributed by atoms with E-state index in [0.29, 0.717) is 29.7 Å². The van der Waals surface area contributed by atoms with E-state index < -0.39 is 0 Å². The fourth-order valence-corrected chi connectivity index (χ4v) is 7.39. The maximum absolute atomic E-state index is 12.6. The van der Waals surface area contributed by atoms with Crippen LogP contribution in [0.3, 0.4) is 0 Å². The molecule has 0 unspecified atom stereocenters. The highest BCUT2D eigenvalue weighted by atomic mass is 16.5. The number of benzene rings is 2. The molecular weight excluding hydrogens is 683 g/mol. The number of carbonyl (C=O) groups excluding carboxylic acids is 2. The van der Waals surface area contributed by atoms with Crippen molar-refractivity contribution in [1.82, 2.24) is 31.9 Å². The van der Waals surface area contributed by atoms with E-state index in [1.165, 1.54) is 23.4 Å². The molecule has 6 N–H and O–H groups in total. The summed E-state index contributed by atoms with van der Waals surface area (Å²) in [6.07, 6.45) is 12.4. The average Bonchev–Trinajstić information content (AvgIpc) is 3.21. The van der Waals surface area contributed by atoms with Crippen molar-refractivity contribution in [2.24, 2.45) is 9.98 Å². The quantitative estimate of drug-likeness (QED) is 0.0476. The zero-order valence-corrected chi connectivity index (χ0v) is 31.3. The van der Waals surface area contributed by atoms with Crippen molar-refractivity contribution >= 4 is 23.7 Å². The van der Waals surface area contributed by atoms with Gasteiger partial charge in [0.15, 0.2) is 18.6 Å². The van der Waals surface area contributed by atoms with Crippen LogP contribution in [-0.4, -0.2) is 63.0 Å². The van der Waals surface area contributed by atoms with Crippen LogP contribution in [0, 0.1) is 28.1 Å². The summed E-state index contributed by atoms with van der Waals surface area (Å²) in [7, 11) is 3.28. The zero-order valence-electron chi connectivity index (χ0n) is 31.3. The van der Waals surface area contributed by atoms with Crippen LogP contribution in [0.4, 0.5) is 0 Å². The highest BCUT2D eigenvalue weighted by molar-refractivity contribution is 5.91. The van der Waals surface area contributed by atoms with E-state index in [2.05, 4.69) is 66.2 Å². The fraction of sp³-hybridized carbons (Fsp3) is 0.425. The van der Waals surface area contributed by atoms with Crippen molar-refractivity contribution in [1.29, 1.82) is 10.5 Å². The number of rotatable bonds is 9. The number of hydrogen-bond donors (Lipinski definition) is 6. The van der Waals surface area contributed by atoms with Crippen LogP contribution in [0.2, 0.25) is 0 Å². The molecule has 14 nitrogen and oxygen atoms in total. The lowest BCUT2D eigenvalue weighted by Gasteiger charge is -2.41. The minimum absolute atomic E-state index is 0.00387. The second-order valence-corrected chi connectivity index (χ2v) is 13.8. The smallest absolute Gasteiger partial charge is 0.317 e. The van der Waals surface area contributed by atoms with Crippen LogP contribution in [0.5, 0.6) is 0 Å². The molecule has 2 aliphatic carbocycles. The summed E-state index contributed by atoms with van der Waals surface area (Å²) in [6.45, 7) is 2.66. The van der Waals surface area contributed by atoms with E-state index in [1.54, 1.807) is 33.2 Å². The van der Waals surface area contributed by atoms with Gasteiger partial charge in [0.2, 0.25) is 17.8 Å². The minimum atomic E-state index is -0.375. The number of nitrogens with zero attached hydrogens (tertiary/aromatic N) is 5. The van der Waals surface area contributed by atoms with Crippen molar-refractivity contribution in [3.63, 3.8) is 0 Å². The minimum Gasteiger partial charge on any atom is -0.618 e. The lowest BCUT2D eigenvalue weighted by atomic mass is 9.68. The van der Waals surface area contributed by atoms with Gasteiger partial charge in [0, 0.05) is 69.2 Å². The number of hydrogen-bond acceptors (Lipinski definition) is 7. The molecule has 0 radical (unpaired) electrons. The van der Waals surface area contributed by atoms with E-state index in [4.69, 9.17) is 10.5 Å². The Balaban J connectivity index is 0.000000247. The Morgan fingerprint density at radius 3 is 1.54 bits per heavy atom. The Morgan fingerprint density at radius 2 is 1.15 bits per heavy atom. The van der Waals surface area contributed by atoms with E-state index >= 15 is 0 Å². The molecule has 0 spiro atoms. The molecule has 0 aliphatic heterocycles.